The minimum atomic E-state index is -0.608. The molecule has 1 aliphatic carbocycles. The SMILES string of the molecule is Cc1c(-c2cc3cc(NC(=O)OC4CC5(CCN(CC6CN(c7ccc8c(c7)C(=O)N(C7CCC(=O)NC7=O)C8)C6)CC5)C4)ncc3cc2F)cnc2c1NCCO2. The lowest BCUT2D eigenvalue weighted by Crippen LogP contribution is -2.55. The van der Waals surface area contributed by atoms with Gasteiger partial charge in [-0.3, -0.25) is 25.0 Å². The zero-order valence-electron chi connectivity index (χ0n) is 32.3. The minimum absolute atomic E-state index is 0.139. The third kappa shape index (κ3) is 6.64. The first-order chi connectivity index (χ1) is 28.1. The lowest BCUT2D eigenvalue weighted by atomic mass is 9.61. The van der Waals surface area contributed by atoms with Gasteiger partial charge in [-0.25, -0.2) is 19.2 Å². The van der Waals surface area contributed by atoms with E-state index in [1.807, 2.05) is 19.1 Å². The summed E-state index contributed by atoms with van der Waals surface area (Å²) in [5.74, 6) is 0.192. The zero-order chi connectivity index (χ0) is 39.7. The second-order valence-corrected chi connectivity index (χ2v) is 16.9. The van der Waals surface area contributed by atoms with E-state index in [0.29, 0.717) is 65.8 Å². The van der Waals surface area contributed by atoms with Gasteiger partial charge in [0.2, 0.25) is 17.7 Å². The van der Waals surface area contributed by atoms with Crippen LogP contribution in [0.3, 0.4) is 0 Å². The number of piperidine rings is 2. The highest BCUT2D eigenvalue weighted by atomic mass is 19.1. The number of hydrogen-bond acceptors (Lipinski definition) is 11. The molecule has 4 amide bonds. The van der Waals surface area contributed by atoms with Crippen molar-refractivity contribution < 1.29 is 33.0 Å². The molecule has 6 aliphatic rings. The molecule has 14 nitrogen and oxygen atoms in total. The van der Waals surface area contributed by atoms with Crippen LogP contribution in [-0.2, 0) is 20.9 Å². The number of nitrogens with zero attached hydrogens (tertiary/aromatic N) is 5. The number of ether oxygens (including phenoxy) is 2. The molecule has 4 fully saturated rings. The van der Waals surface area contributed by atoms with Gasteiger partial charge in [0.15, 0.2) is 0 Å². The van der Waals surface area contributed by atoms with Gasteiger partial charge in [0.1, 0.15) is 36.1 Å². The maximum atomic E-state index is 15.3. The Morgan fingerprint density at radius 1 is 1.02 bits per heavy atom. The number of hydrogen-bond donors (Lipinski definition) is 3. The Hall–Kier alpha value is -5.83. The largest absolute Gasteiger partial charge is 0.474 e. The van der Waals surface area contributed by atoms with E-state index in [1.54, 1.807) is 29.4 Å². The van der Waals surface area contributed by atoms with Crippen LogP contribution < -0.4 is 25.6 Å². The van der Waals surface area contributed by atoms with Gasteiger partial charge < -0.3 is 29.5 Å². The van der Waals surface area contributed by atoms with E-state index in [0.717, 1.165) is 86.3 Å². The van der Waals surface area contributed by atoms with Crippen LogP contribution in [0.15, 0.2) is 48.8 Å². The number of benzene rings is 2. The van der Waals surface area contributed by atoms with Gasteiger partial charge in [-0.05, 0) is 104 Å². The molecule has 1 unspecified atom stereocenters. The number of carbonyl (C=O) groups excluding carboxylic acids is 4. The Kier molecular flexibility index (Phi) is 8.95. The van der Waals surface area contributed by atoms with Gasteiger partial charge in [0.25, 0.3) is 5.91 Å². The van der Waals surface area contributed by atoms with E-state index >= 15 is 4.39 Å². The fourth-order valence-corrected chi connectivity index (χ4v) is 9.83. The Balaban J connectivity index is 0.679. The topological polar surface area (TPSA) is 158 Å². The van der Waals surface area contributed by atoms with E-state index in [1.165, 1.54) is 6.07 Å². The standard InChI is InChI=1S/C43H45FN8O6/c1-24-33(19-47-40-38(24)45-8-11-57-40)32-12-27-14-36(46-18-28(27)13-34(32)44)48-42(56)58-30-16-43(17-30)6-9-50(10-7-43)20-25-21-51(22-25)29-3-2-26-23-52(41(55)31(26)15-29)35-4-5-37(53)49-39(35)54/h2-3,12-15,18-19,25,30,35,45H,4-11,16-17,20-23H2,1H3,(H,46,48,56)(H,49,53,54). The number of fused-ring (bicyclic) bond motifs is 3. The van der Waals surface area contributed by atoms with Gasteiger partial charge in [-0.2, -0.15) is 0 Å². The molecule has 10 rings (SSSR count). The van der Waals surface area contributed by atoms with Crippen LogP contribution in [0.2, 0.25) is 0 Å². The maximum absolute atomic E-state index is 15.3. The predicted molar refractivity (Wildman–Crippen MR) is 213 cm³/mol. The number of anilines is 3. The fraction of sp³-hybridized carbons (Fsp3) is 0.442. The Morgan fingerprint density at radius 3 is 2.66 bits per heavy atom. The first-order valence-corrected chi connectivity index (χ1v) is 20.3. The minimum Gasteiger partial charge on any atom is -0.474 e. The highest BCUT2D eigenvalue weighted by Crippen LogP contribution is 2.50. The summed E-state index contributed by atoms with van der Waals surface area (Å²) in [6, 6.07) is 10.3. The number of pyridine rings is 2. The van der Waals surface area contributed by atoms with Crippen LogP contribution in [0.5, 0.6) is 5.88 Å². The maximum Gasteiger partial charge on any atom is 0.413 e. The molecule has 2 aromatic carbocycles. The summed E-state index contributed by atoms with van der Waals surface area (Å²) in [6.45, 7) is 8.42. The quantitative estimate of drug-likeness (QED) is 0.211. The Labute approximate surface area is 334 Å². The summed E-state index contributed by atoms with van der Waals surface area (Å²) < 4.78 is 26.8. The first-order valence-electron chi connectivity index (χ1n) is 20.3. The molecule has 4 aromatic rings. The second-order valence-electron chi connectivity index (χ2n) is 16.9. The van der Waals surface area contributed by atoms with Crippen LogP contribution >= 0.6 is 0 Å². The van der Waals surface area contributed by atoms with Crippen LogP contribution in [0.25, 0.3) is 21.9 Å². The van der Waals surface area contributed by atoms with Crippen molar-refractivity contribution in [1.82, 2.24) is 25.1 Å². The molecule has 0 bridgehead atoms. The number of amides is 4. The highest BCUT2D eigenvalue weighted by molar-refractivity contribution is 6.05. The average Bonchev–Trinajstić information content (AvgIpc) is 3.51. The number of nitrogens with one attached hydrogen (secondary N) is 3. The molecule has 7 heterocycles. The summed E-state index contributed by atoms with van der Waals surface area (Å²) in [6.07, 6.45) is 6.96. The third-order valence-electron chi connectivity index (χ3n) is 13.1. The summed E-state index contributed by atoms with van der Waals surface area (Å²) in [5.41, 5.74) is 5.49. The normalized spacial score (nSPS) is 21.8. The molecule has 1 spiro atoms. The Bertz CT molecular complexity index is 2370. The van der Waals surface area contributed by atoms with Crippen molar-refractivity contribution in [2.24, 2.45) is 11.3 Å². The van der Waals surface area contributed by atoms with Gasteiger partial charge >= 0.3 is 6.09 Å². The molecular formula is C43H45FN8O6. The molecule has 58 heavy (non-hydrogen) atoms. The molecule has 15 heteroatoms. The van der Waals surface area contributed by atoms with Crippen LogP contribution in [0.4, 0.5) is 26.4 Å². The lowest BCUT2D eigenvalue weighted by molar-refractivity contribution is -0.136. The summed E-state index contributed by atoms with van der Waals surface area (Å²) in [4.78, 5) is 65.4. The number of likely N-dealkylation sites (tertiary alicyclic amines) is 1. The predicted octanol–water partition coefficient (Wildman–Crippen LogP) is 5.24. The number of imide groups is 1. The Morgan fingerprint density at radius 2 is 1.84 bits per heavy atom. The van der Waals surface area contributed by atoms with Crippen molar-refractivity contribution in [3.63, 3.8) is 0 Å². The van der Waals surface area contributed by atoms with E-state index < -0.39 is 18.0 Å². The van der Waals surface area contributed by atoms with Crippen molar-refractivity contribution in [2.45, 2.75) is 64.1 Å². The number of halogens is 1. The molecule has 2 aromatic heterocycles. The van der Waals surface area contributed by atoms with E-state index in [4.69, 9.17) is 9.47 Å². The van der Waals surface area contributed by atoms with Crippen LogP contribution in [0, 0.1) is 24.1 Å². The molecule has 300 valence electrons. The number of aromatic nitrogens is 2. The average molecular weight is 789 g/mol. The highest BCUT2D eigenvalue weighted by Gasteiger charge is 2.48. The monoisotopic (exact) mass is 788 g/mol. The smallest absolute Gasteiger partial charge is 0.413 e. The molecule has 1 saturated carbocycles. The number of rotatable bonds is 7. The summed E-state index contributed by atoms with van der Waals surface area (Å²) >= 11 is 0. The van der Waals surface area contributed by atoms with Crippen molar-refractivity contribution in [1.29, 1.82) is 0 Å². The van der Waals surface area contributed by atoms with E-state index in [2.05, 4.69) is 41.8 Å². The van der Waals surface area contributed by atoms with E-state index in [9.17, 15) is 19.2 Å². The van der Waals surface area contributed by atoms with Crippen LogP contribution in [0.1, 0.15) is 60.0 Å². The molecule has 5 aliphatic heterocycles. The fourth-order valence-electron chi connectivity index (χ4n) is 9.83. The lowest BCUT2D eigenvalue weighted by Gasteiger charge is -2.52. The molecular weight excluding hydrogens is 744 g/mol. The molecule has 0 radical (unpaired) electrons. The molecule has 3 saturated heterocycles. The summed E-state index contributed by atoms with van der Waals surface area (Å²) in [5, 5.41) is 9.79. The van der Waals surface area contributed by atoms with Crippen LogP contribution in [-0.4, -0.2) is 102 Å². The van der Waals surface area contributed by atoms with Gasteiger partial charge in [-0.15, -0.1) is 0 Å². The van der Waals surface area contributed by atoms with Crippen molar-refractivity contribution in [3.05, 3.63) is 71.3 Å². The van der Waals surface area contributed by atoms with Gasteiger partial charge in [0, 0.05) is 85.2 Å². The van der Waals surface area contributed by atoms with Crippen molar-refractivity contribution in [3.8, 4) is 17.0 Å². The summed E-state index contributed by atoms with van der Waals surface area (Å²) in [7, 11) is 0. The van der Waals surface area contributed by atoms with Crippen molar-refractivity contribution >= 4 is 51.8 Å². The number of carbonyl (C=O) groups is 4. The van der Waals surface area contributed by atoms with E-state index in [-0.39, 0.29) is 35.6 Å². The van der Waals surface area contributed by atoms with Crippen molar-refractivity contribution in [2.75, 3.05) is 61.4 Å². The zero-order valence-corrected chi connectivity index (χ0v) is 32.3. The molecule has 3 N–H and O–H groups in total. The molecule has 1 atom stereocenters. The second kappa shape index (κ2) is 14.2. The third-order valence-corrected chi connectivity index (χ3v) is 13.1. The van der Waals surface area contributed by atoms with Gasteiger partial charge in [-0.1, -0.05) is 6.07 Å². The first kappa shape index (κ1) is 36.5. The van der Waals surface area contributed by atoms with Gasteiger partial charge in [0.05, 0.1) is 0 Å².